The summed E-state index contributed by atoms with van der Waals surface area (Å²) >= 11 is 0. The average molecular weight is 502 g/mol. The Bertz CT molecular complexity index is 2080. The van der Waals surface area contributed by atoms with E-state index in [0.29, 0.717) is 0 Å². The standard InChI is InChI=1S/C38H31N/c1-38(2,3)28-21-26-16-15-24-17-19-30(33-20-18-27(22-28)36(26)37(24)33)25-9-8-10-29(23-25)39-34-13-6-4-11-31(34)32-12-5-7-14-35(32)39/h4-6,8-13,15-23H,7,14H2,1-3H3. The summed E-state index contributed by atoms with van der Waals surface area (Å²) in [7, 11) is 0. The van der Waals surface area contributed by atoms with Crippen molar-refractivity contribution in [1.82, 2.24) is 4.57 Å². The fraction of sp³-hybridized carbons (Fsp3) is 0.158. The predicted molar refractivity (Wildman–Crippen MR) is 168 cm³/mol. The fourth-order valence-corrected chi connectivity index (χ4v) is 6.78. The summed E-state index contributed by atoms with van der Waals surface area (Å²) in [5, 5.41) is 9.40. The zero-order valence-corrected chi connectivity index (χ0v) is 22.8. The molecular formula is C38H31N. The van der Waals surface area contributed by atoms with E-state index in [4.69, 9.17) is 0 Å². The molecule has 7 aromatic rings. The van der Waals surface area contributed by atoms with Crippen molar-refractivity contribution in [3.05, 3.63) is 120 Å². The number of hydrogen-bond acceptors (Lipinski definition) is 0. The highest BCUT2D eigenvalue weighted by molar-refractivity contribution is 6.25. The van der Waals surface area contributed by atoms with Crippen LogP contribution in [0.2, 0.25) is 0 Å². The molecule has 1 heteroatoms. The molecule has 1 heterocycles. The van der Waals surface area contributed by atoms with Crippen molar-refractivity contribution in [3.8, 4) is 16.8 Å². The highest BCUT2D eigenvalue weighted by atomic mass is 15.0. The molecule has 0 N–H and O–H groups in total. The third-order valence-electron chi connectivity index (χ3n) is 8.73. The first-order valence-corrected chi connectivity index (χ1v) is 14.1. The normalized spacial score (nSPS) is 13.7. The highest BCUT2D eigenvalue weighted by Crippen LogP contribution is 2.42. The summed E-state index contributed by atoms with van der Waals surface area (Å²) in [6, 6.07) is 36.6. The van der Waals surface area contributed by atoms with Gasteiger partial charge in [-0.25, -0.2) is 0 Å². The van der Waals surface area contributed by atoms with Crippen molar-refractivity contribution < 1.29 is 0 Å². The number of hydrogen-bond donors (Lipinski definition) is 0. The van der Waals surface area contributed by atoms with E-state index in [1.54, 1.807) is 0 Å². The van der Waals surface area contributed by atoms with Crippen LogP contribution in [0.15, 0.2) is 103 Å². The molecule has 1 nitrogen and oxygen atoms in total. The van der Waals surface area contributed by atoms with E-state index < -0.39 is 0 Å². The zero-order valence-electron chi connectivity index (χ0n) is 22.8. The van der Waals surface area contributed by atoms with Gasteiger partial charge in [0.2, 0.25) is 0 Å². The summed E-state index contributed by atoms with van der Waals surface area (Å²) in [6.07, 6.45) is 6.78. The molecule has 188 valence electrons. The van der Waals surface area contributed by atoms with E-state index in [2.05, 4.69) is 135 Å². The largest absolute Gasteiger partial charge is 0.313 e. The zero-order chi connectivity index (χ0) is 26.3. The summed E-state index contributed by atoms with van der Waals surface area (Å²) in [5.41, 5.74) is 9.38. The molecular weight excluding hydrogens is 470 g/mol. The molecule has 0 bridgehead atoms. The van der Waals surface area contributed by atoms with Gasteiger partial charge in [-0.15, -0.1) is 0 Å². The molecule has 8 rings (SSSR count). The van der Waals surface area contributed by atoms with Gasteiger partial charge in [-0.1, -0.05) is 112 Å². The van der Waals surface area contributed by atoms with Gasteiger partial charge in [0, 0.05) is 22.3 Å². The van der Waals surface area contributed by atoms with Crippen LogP contribution in [0.25, 0.3) is 66.1 Å². The van der Waals surface area contributed by atoms with Gasteiger partial charge >= 0.3 is 0 Å². The number of allylic oxidation sites excluding steroid dienone is 1. The van der Waals surface area contributed by atoms with Crippen molar-refractivity contribution >= 4 is 49.3 Å². The maximum absolute atomic E-state index is 2.49. The molecule has 1 aliphatic rings. The molecule has 0 saturated heterocycles. The molecule has 6 aromatic carbocycles. The number of fused-ring (bicyclic) bond motifs is 3. The lowest BCUT2D eigenvalue weighted by molar-refractivity contribution is 0.591. The predicted octanol–water partition coefficient (Wildman–Crippen LogP) is 10.5. The summed E-state index contributed by atoms with van der Waals surface area (Å²) in [4.78, 5) is 0. The Hall–Kier alpha value is -4.36. The molecule has 0 amide bonds. The van der Waals surface area contributed by atoms with Gasteiger partial charge in [-0.3, -0.25) is 0 Å². The monoisotopic (exact) mass is 501 g/mol. The second kappa shape index (κ2) is 8.07. The van der Waals surface area contributed by atoms with Crippen LogP contribution >= 0.6 is 0 Å². The summed E-state index contributed by atoms with van der Waals surface area (Å²) in [6.45, 7) is 6.89. The second-order valence-electron chi connectivity index (χ2n) is 12.1. The minimum absolute atomic E-state index is 0.119. The van der Waals surface area contributed by atoms with E-state index in [1.165, 1.54) is 76.9 Å². The topological polar surface area (TPSA) is 4.93 Å². The van der Waals surface area contributed by atoms with Crippen molar-refractivity contribution in [2.24, 2.45) is 0 Å². The number of nitrogens with zero attached hydrogens (tertiary/aromatic N) is 1. The SMILES string of the molecule is CC(C)(C)c1cc2ccc3ccc(-c4cccc(-n5c6c(c7ccccc75)C=CCC6)c4)c4ccc(c1)c2c34. The smallest absolute Gasteiger partial charge is 0.0537 e. The van der Waals surface area contributed by atoms with E-state index >= 15 is 0 Å². The lowest BCUT2D eigenvalue weighted by Gasteiger charge is -2.22. The maximum atomic E-state index is 2.49. The quantitative estimate of drug-likeness (QED) is 0.208. The minimum atomic E-state index is 0.119. The third kappa shape index (κ3) is 3.32. The minimum Gasteiger partial charge on any atom is -0.313 e. The van der Waals surface area contributed by atoms with Crippen molar-refractivity contribution in [2.75, 3.05) is 0 Å². The second-order valence-corrected chi connectivity index (χ2v) is 12.1. The lowest BCUT2D eigenvalue weighted by Crippen LogP contribution is -2.10. The molecule has 0 aliphatic heterocycles. The Balaban J connectivity index is 1.36. The Kier molecular flexibility index (Phi) is 4.68. The van der Waals surface area contributed by atoms with Gasteiger partial charge in [0.1, 0.15) is 0 Å². The van der Waals surface area contributed by atoms with E-state index in [-0.39, 0.29) is 5.41 Å². The van der Waals surface area contributed by atoms with E-state index in [9.17, 15) is 0 Å². The first-order valence-electron chi connectivity index (χ1n) is 14.1. The van der Waals surface area contributed by atoms with Crippen LogP contribution in [-0.2, 0) is 11.8 Å². The summed E-state index contributed by atoms with van der Waals surface area (Å²) in [5.74, 6) is 0. The molecule has 1 aromatic heterocycles. The number of benzene rings is 6. The Labute approximate surface area is 229 Å². The maximum Gasteiger partial charge on any atom is 0.0537 e. The van der Waals surface area contributed by atoms with Gasteiger partial charge in [0.15, 0.2) is 0 Å². The van der Waals surface area contributed by atoms with E-state index in [1.807, 2.05) is 0 Å². The molecule has 0 saturated carbocycles. The molecule has 0 radical (unpaired) electrons. The van der Waals surface area contributed by atoms with Gasteiger partial charge in [0.25, 0.3) is 0 Å². The third-order valence-corrected chi connectivity index (χ3v) is 8.73. The van der Waals surface area contributed by atoms with Crippen LogP contribution in [0.4, 0.5) is 0 Å². The number of para-hydroxylation sites is 1. The highest BCUT2D eigenvalue weighted by Gasteiger charge is 2.20. The lowest BCUT2D eigenvalue weighted by atomic mass is 9.83. The van der Waals surface area contributed by atoms with Crippen LogP contribution in [0.3, 0.4) is 0 Å². The Morgan fingerprint density at radius 3 is 2.28 bits per heavy atom. The van der Waals surface area contributed by atoms with Crippen LogP contribution in [0, 0.1) is 0 Å². The van der Waals surface area contributed by atoms with Crippen LogP contribution in [0.1, 0.15) is 44.0 Å². The molecule has 1 aliphatic carbocycles. The van der Waals surface area contributed by atoms with E-state index in [0.717, 1.165) is 12.8 Å². The van der Waals surface area contributed by atoms with Gasteiger partial charge < -0.3 is 4.57 Å². The van der Waals surface area contributed by atoms with Crippen molar-refractivity contribution in [2.45, 2.75) is 39.0 Å². The molecule has 0 atom stereocenters. The average Bonchev–Trinajstić information content (AvgIpc) is 3.30. The van der Waals surface area contributed by atoms with Crippen LogP contribution < -0.4 is 0 Å². The van der Waals surface area contributed by atoms with Crippen LogP contribution in [-0.4, -0.2) is 4.57 Å². The molecule has 0 fully saturated rings. The number of aromatic nitrogens is 1. The first-order chi connectivity index (χ1) is 19.0. The molecule has 39 heavy (non-hydrogen) atoms. The van der Waals surface area contributed by atoms with Crippen LogP contribution in [0.5, 0.6) is 0 Å². The first kappa shape index (κ1) is 22.6. The Morgan fingerprint density at radius 1 is 0.667 bits per heavy atom. The number of rotatable bonds is 2. The van der Waals surface area contributed by atoms with Gasteiger partial charge in [0.05, 0.1) is 5.52 Å². The molecule has 0 unspecified atom stereocenters. The summed E-state index contributed by atoms with van der Waals surface area (Å²) < 4.78 is 2.49. The fourth-order valence-electron chi connectivity index (χ4n) is 6.78. The van der Waals surface area contributed by atoms with Gasteiger partial charge in [-0.05, 0) is 85.5 Å². The van der Waals surface area contributed by atoms with Crippen molar-refractivity contribution in [3.63, 3.8) is 0 Å². The van der Waals surface area contributed by atoms with Gasteiger partial charge in [-0.2, -0.15) is 0 Å². The molecule has 0 spiro atoms. The Morgan fingerprint density at radius 2 is 1.44 bits per heavy atom. The van der Waals surface area contributed by atoms with Crippen molar-refractivity contribution in [1.29, 1.82) is 0 Å².